The lowest BCUT2D eigenvalue weighted by Gasteiger charge is -2.12. The number of methoxy groups -OCH3 is 1. The highest BCUT2D eigenvalue weighted by atomic mass is 35.5. The Morgan fingerprint density at radius 3 is 2.60 bits per heavy atom. The van der Waals surface area contributed by atoms with E-state index >= 15 is 0 Å². The first-order chi connectivity index (χ1) is 9.31. The van der Waals surface area contributed by atoms with Crippen molar-refractivity contribution >= 4 is 23.8 Å². The molecule has 0 aliphatic rings. The number of halogens is 4. The van der Waals surface area contributed by atoms with Crippen LogP contribution in [0.1, 0.15) is 5.82 Å². The zero-order valence-corrected chi connectivity index (χ0v) is 11.7. The van der Waals surface area contributed by atoms with Gasteiger partial charge in [0, 0.05) is 10.6 Å². The third-order valence-electron chi connectivity index (χ3n) is 2.46. The Kier molecular flexibility index (Phi) is 4.01. The molecule has 1 N–H and O–H groups in total. The zero-order chi connectivity index (χ0) is 14.9. The predicted octanol–water partition coefficient (Wildman–Crippen LogP) is 4.49. The second-order valence-corrected chi connectivity index (χ2v) is 4.68. The highest BCUT2D eigenvalue weighted by molar-refractivity contribution is 7.71. The molecule has 3 nitrogen and oxygen atoms in total. The lowest BCUT2D eigenvalue weighted by Crippen LogP contribution is -2.11. The Morgan fingerprint density at radius 1 is 1.30 bits per heavy atom. The molecule has 0 unspecified atom stereocenters. The molecule has 0 saturated heterocycles. The van der Waals surface area contributed by atoms with E-state index in [1.165, 1.54) is 19.2 Å². The van der Waals surface area contributed by atoms with Crippen LogP contribution >= 0.6 is 23.8 Å². The molecule has 0 aliphatic heterocycles. The smallest absolute Gasteiger partial charge is 0.449 e. The van der Waals surface area contributed by atoms with Crippen molar-refractivity contribution in [2.24, 2.45) is 0 Å². The topological polar surface area (TPSA) is 37.9 Å². The number of rotatable bonds is 2. The lowest BCUT2D eigenvalue weighted by atomic mass is 10.1. The van der Waals surface area contributed by atoms with Crippen molar-refractivity contribution < 1.29 is 17.9 Å². The summed E-state index contributed by atoms with van der Waals surface area (Å²) < 4.78 is 43.1. The molecular weight excluding hydrogens is 313 g/mol. The number of hydrogen-bond acceptors (Lipinski definition) is 3. The largest absolute Gasteiger partial charge is 0.496 e. The van der Waals surface area contributed by atoms with Crippen LogP contribution in [-0.2, 0) is 6.18 Å². The highest BCUT2D eigenvalue weighted by Gasteiger charge is 2.34. The van der Waals surface area contributed by atoms with Crippen molar-refractivity contribution in [3.63, 3.8) is 0 Å². The number of H-pyrrole nitrogens is 1. The van der Waals surface area contributed by atoms with Gasteiger partial charge in [-0.25, -0.2) is 4.98 Å². The number of nitrogens with zero attached hydrogens (tertiary/aromatic N) is 1. The molecule has 0 aliphatic carbocycles. The van der Waals surface area contributed by atoms with Crippen molar-refractivity contribution in [2.75, 3.05) is 7.11 Å². The Hall–Kier alpha value is -1.60. The Balaban J connectivity index is 2.67. The summed E-state index contributed by atoms with van der Waals surface area (Å²) in [6.07, 6.45) is -4.62. The molecule has 20 heavy (non-hydrogen) atoms. The molecule has 0 spiro atoms. The lowest BCUT2D eigenvalue weighted by molar-refractivity contribution is -0.145. The van der Waals surface area contributed by atoms with Gasteiger partial charge in [0.1, 0.15) is 10.4 Å². The van der Waals surface area contributed by atoms with E-state index in [-0.39, 0.29) is 10.3 Å². The summed E-state index contributed by atoms with van der Waals surface area (Å²) in [5, 5.41) is 0.366. The van der Waals surface area contributed by atoms with E-state index < -0.39 is 12.0 Å². The molecule has 2 aromatic rings. The summed E-state index contributed by atoms with van der Waals surface area (Å²) >= 11 is 10.6. The first kappa shape index (κ1) is 14.8. The van der Waals surface area contributed by atoms with Crippen LogP contribution in [0.3, 0.4) is 0 Å². The zero-order valence-electron chi connectivity index (χ0n) is 10.1. The maximum Gasteiger partial charge on any atom is 0.449 e. The molecular formula is C12H8ClF3N2OS. The summed E-state index contributed by atoms with van der Waals surface area (Å²) in [4.78, 5) is 5.47. The fraction of sp³-hybridized carbons (Fsp3) is 0.167. The Labute approximate surface area is 122 Å². The SMILES string of the molecule is COc1ccc(Cl)cc1-c1cc(=S)nc(C(F)(F)F)[nH]1. The minimum Gasteiger partial charge on any atom is -0.496 e. The number of benzene rings is 1. The Morgan fingerprint density at radius 2 is 2.00 bits per heavy atom. The number of aromatic nitrogens is 2. The Bertz CT molecular complexity index is 700. The molecule has 0 amide bonds. The first-order valence-corrected chi connectivity index (χ1v) is 6.12. The molecule has 0 fully saturated rings. The van der Waals surface area contributed by atoms with Gasteiger partial charge < -0.3 is 9.72 Å². The standard InChI is InChI=1S/C12H8ClF3N2OS/c1-19-9-3-2-6(13)4-7(9)8-5-10(20)18-11(17-8)12(14,15)16/h2-5H,1H3,(H,17,18,20). The summed E-state index contributed by atoms with van der Waals surface area (Å²) in [5.41, 5.74) is 0.510. The van der Waals surface area contributed by atoms with Crippen LogP contribution in [0.2, 0.25) is 5.02 Å². The van der Waals surface area contributed by atoms with Crippen molar-refractivity contribution in [2.45, 2.75) is 6.18 Å². The van der Waals surface area contributed by atoms with E-state index in [4.69, 9.17) is 28.6 Å². The van der Waals surface area contributed by atoms with Crippen molar-refractivity contribution in [1.82, 2.24) is 9.97 Å². The van der Waals surface area contributed by atoms with Gasteiger partial charge in [0.15, 0.2) is 0 Å². The average molecular weight is 321 g/mol. The van der Waals surface area contributed by atoms with E-state index in [9.17, 15) is 13.2 Å². The van der Waals surface area contributed by atoms with Crippen molar-refractivity contribution in [3.05, 3.63) is 39.8 Å². The van der Waals surface area contributed by atoms with E-state index in [0.29, 0.717) is 16.3 Å². The number of alkyl halides is 3. The molecule has 0 radical (unpaired) electrons. The average Bonchev–Trinajstić information content (AvgIpc) is 2.37. The maximum absolute atomic E-state index is 12.7. The molecule has 0 atom stereocenters. The monoisotopic (exact) mass is 320 g/mol. The third kappa shape index (κ3) is 3.10. The quantitative estimate of drug-likeness (QED) is 0.829. The molecule has 1 heterocycles. The molecule has 106 valence electrons. The molecule has 1 aromatic carbocycles. The number of ether oxygens (including phenoxy) is 1. The molecule has 1 aromatic heterocycles. The number of hydrogen-bond donors (Lipinski definition) is 1. The molecule has 2 rings (SSSR count). The molecule has 8 heteroatoms. The number of aromatic amines is 1. The van der Waals surface area contributed by atoms with Crippen LogP contribution in [-0.4, -0.2) is 17.1 Å². The summed E-state index contributed by atoms with van der Waals surface area (Å²) in [6, 6.07) is 5.94. The fourth-order valence-electron chi connectivity index (χ4n) is 1.63. The molecule has 0 saturated carbocycles. The van der Waals surface area contributed by atoms with Gasteiger partial charge in [-0.2, -0.15) is 13.2 Å². The van der Waals surface area contributed by atoms with E-state index in [0.717, 1.165) is 0 Å². The van der Waals surface area contributed by atoms with Gasteiger partial charge in [-0.3, -0.25) is 0 Å². The fourth-order valence-corrected chi connectivity index (χ4v) is 2.01. The van der Waals surface area contributed by atoms with E-state index in [2.05, 4.69) is 9.97 Å². The van der Waals surface area contributed by atoms with Gasteiger partial charge in [0.25, 0.3) is 0 Å². The van der Waals surface area contributed by atoms with Gasteiger partial charge in [0.05, 0.1) is 12.8 Å². The van der Waals surface area contributed by atoms with Gasteiger partial charge in [-0.1, -0.05) is 23.8 Å². The summed E-state index contributed by atoms with van der Waals surface area (Å²) in [6.45, 7) is 0. The van der Waals surface area contributed by atoms with Crippen LogP contribution in [0, 0.1) is 4.64 Å². The highest BCUT2D eigenvalue weighted by Crippen LogP contribution is 2.33. The van der Waals surface area contributed by atoms with Gasteiger partial charge >= 0.3 is 6.18 Å². The van der Waals surface area contributed by atoms with Crippen LogP contribution in [0.25, 0.3) is 11.3 Å². The van der Waals surface area contributed by atoms with E-state index in [1.54, 1.807) is 12.1 Å². The van der Waals surface area contributed by atoms with Gasteiger partial charge in [0.2, 0.25) is 5.82 Å². The minimum absolute atomic E-state index is 0.136. The molecule has 0 bridgehead atoms. The third-order valence-corrected chi connectivity index (χ3v) is 2.91. The second-order valence-electron chi connectivity index (χ2n) is 3.82. The van der Waals surface area contributed by atoms with Crippen molar-refractivity contribution in [3.8, 4) is 17.0 Å². The van der Waals surface area contributed by atoms with Crippen LogP contribution in [0.15, 0.2) is 24.3 Å². The van der Waals surface area contributed by atoms with Crippen LogP contribution in [0.5, 0.6) is 5.75 Å². The normalized spacial score (nSPS) is 11.4. The number of nitrogens with one attached hydrogen (secondary N) is 1. The van der Waals surface area contributed by atoms with Gasteiger partial charge in [-0.05, 0) is 24.3 Å². The van der Waals surface area contributed by atoms with Gasteiger partial charge in [-0.15, -0.1) is 0 Å². The summed E-state index contributed by atoms with van der Waals surface area (Å²) in [7, 11) is 1.41. The second kappa shape index (κ2) is 5.41. The maximum atomic E-state index is 12.7. The first-order valence-electron chi connectivity index (χ1n) is 5.34. The van der Waals surface area contributed by atoms with E-state index in [1.807, 2.05) is 0 Å². The van der Waals surface area contributed by atoms with Crippen LogP contribution in [0.4, 0.5) is 13.2 Å². The minimum atomic E-state index is -4.62. The predicted molar refractivity (Wildman–Crippen MR) is 71.4 cm³/mol. The van der Waals surface area contributed by atoms with Crippen LogP contribution < -0.4 is 4.74 Å². The van der Waals surface area contributed by atoms with Crippen molar-refractivity contribution in [1.29, 1.82) is 0 Å². The summed E-state index contributed by atoms with van der Waals surface area (Å²) in [5.74, 6) is -0.790.